The number of aliphatic carboxylic acids is 2. The van der Waals surface area contributed by atoms with Crippen LogP contribution in [0.25, 0.3) is 0 Å². The topological polar surface area (TPSA) is 228 Å². The molecule has 0 aromatic heterocycles. The van der Waals surface area contributed by atoms with Gasteiger partial charge in [0.2, 0.25) is 23.6 Å². The third-order valence-corrected chi connectivity index (χ3v) is 9.30. The first-order valence-corrected chi connectivity index (χ1v) is 21.5. The number of amides is 4. The number of ether oxygens (including phenoxy) is 4. The molecule has 0 bridgehead atoms. The molecule has 0 aliphatic carbocycles. The van der Waals surface area contributed by atoms with Gasteiger partial charge in [0.25, 0.3) is 0 Å². The van der Waals surface area contributed by atoms with Gasteiger partial charge < -0.3 is 50.4 Å². The van der Waals surface area contributed by atoms with Gasteiger partial charge in [0, 0.05) is 38.9 Å². The summed E-state index contributed by atoms with van der Waals surface area (Å²) in [6.07, 6.45) is 15.5. The second kappa shape index (κ2) is 36.9. The summed E-state index contributed by atoms with van der Waals surface area (Å²) >= 11 is 0. The maximum Gasteiger partial charge on any atom is 0.326 e. The zero-order valence-corrected chi connectivity index (χ0v) is 35.4. The Bertz CT molecular complexity index is 1300. The van der Waals surface area contributed by atoms with Crippen molar-refractivity contribution in [1.82, 2.24) is 21.3 Å². The van der Waals surface area contributed by atoms with E-state index in [0.717, 1.165) is 49.7 Å². The average Bonchev–Trinajstić information content (AvgIpc) is 3.20. The minimum Gasteiger partial charge on any atom is -0.481 e. The minimum atomic E-state index is -1.18. The maximum absolute atomic E-state index is 12.3. The van der Waals surface area contributed by atoms with E-state index in [9.17, 15) is 33.9 Å². The van der Waals surface area contributed by atoms with E-state index in [-0.39, 0.29) is 109 Å². The molecule has 0 spiro atoms. The van der Waals surface area contributed by atoms with Gasteiger partial charge in [0.1, 0.15) is 19.3 Å². The minimum absolute atomic E-state index is 0.0210. The van der Waals surface area contributed by atoms with Crippen molar-refractivity contribution in [2.45, 2.75) is 135 Å². The molecule has 0 fully saturated rings. The molecule has 1 atom stereocenters. The predicted molar refractivity (Wildman–Crippen MR) is 223 cm³/mol. The quantitative estimate of drug-likeness (QED) is 0.0500. The summed E-state index contributed by atoms with van der Waals surface area (Å²) in [6, 6.07) is 6.77. The van der Waals surface area contributed by atoms with Crippen LogP contribution in [-0.4, -0.2) is 118 Å². The van der Waals surface area contributed by atoms with E-state index < -0.39 is 18.0 Å². The zero-order chi connectivity index (χ0) is 43.2. The number of aryl methyl sites for hydroxylation is 1. The number of carboxylic acid groups (broad SMARTS) is 2. The molecule has 0 radical (unpaired) electrons. The number of unbranched alkanes of at least 4 members (excludes halogenated alkanes) is 13. The number of rotatable bonds is 40. The number of nitrogens with one attached hydrogen (secondary N) is 4. The van der Waals surface area contributed by atoms with Crippen LogP contribution >= 0.6 is 0 Å². The van der Waals surface area contributed by atoms with Crippen LogP contribution in [0.3, 0.4) is 0 Å². The highest BCUT2D eigenvalue weighted by molar-refractivity contribution is 5.84. The summed E-state index contributed by atoms with van der Waals surface area (Å²) in [5.41, 5.74) is 2.17. The van der Waals surface area contributed by atoms with Gasteiger partial charge in [0.15, 0.2) is 0 Å². The van der Waals surface area contributed by atoms with Gasteiger partial charge in [-0.05, 0) is 31.7 Å². The molecule has 1 unspecified atom stereocenters. The summed E-state index contributed by atoms with van der Waals surface area (Å²) in [5, 5.41) is 28.8. The lowest BCUT2D eigenvalue weighted by molar-refractivity contribution is -0.142. The van der Waals surface area contributed by atoms with E-state index in [1.165, 1.54) is 44.9 Å². The predicted octanol–water partition coefficient (Wildman–Crippen LogP) is 4.59. The standard InChI is InChI=1S/C43H72N4O12/c1-35-18-20-36(21-19-35)32-46-41(51)34-59-31-29-57-27-25-45-40(50)33-58-30-28-56-26-24-44-38(48)23-22-37(43(54)55)47-39(49)16-14-12-10-8-6-4-2-3-5-7-9-11-13-15-17-42(52)53/h18-21,37H,2-17,22-34H2,1H3,(H,44,48)(H,45,50)(H,46,51)(H,47,49)(H,52,53)(H,54,55). The number of carbonyl (C=O) groups is 6. The first-order valence-electron chi connectivity index (χ1n) is 21.5. The number of carbonyl (C=O) groups excluding carboxylic acids is 4. The van der Waals surface area contributed by atoms with Crippen LogP contribution in [-0.2, 0) is 54.3 Å². The van der Waals surface area contributed by atoms with Crippen LogP contribution in [0.1, 0.15) is 127 Å². The molecule has 336 valence electrons. The van der Waals surface area contributed by atoms with E-state index in [1.807, 2.05) is 31.2 Å². The molecule has 0 saturated carbocycles. The van der Waals surface area contributed by atoms with E-state index in [0.29, 0.717) is 19.5 Å². The van der Waals surface area contributed by atoms with E-state index in [4.69, 9.17) is 24.1 Å². The molecule has 1 rings (SSSR count). The van der Waals surface area contributed by atoms with Crippen molar-refractivity contribution in [3.63, 3.8) is 0 Å². The summed E-state index contributed by atoms with van der Waals surface area (Å²) in [7, 11) is 0. The third kappa shape index (κ3) is 34.5. The largest absolute Gasteiger partial charge is 0.481 e. The fourth-order valence-corrected chi connectivity index (χ4v) is 5.87. The van der Waals surface area contributed by atoms with Gasteiger partial charge in [-0.1, -0.05) is 107 Å². The Morgan fingerprint density at radius 1 is 0.508 bits per heavy atom. The Kier molecular flexibility index (Phi) is 33.1. The highest BCUT2D eigenvalue weighted by atomic mass is 16.5. The number of benzene rings is 1. The normalized spacial score (nSPS) is 11.5. The molecule has 16 nitrogen and oxygen atoms in total. The van der Waals surface area contributed by atoms with Gasteiger partial charge in [-0.3, -0.25) is 24.0 Å². The Morgan fingerprint density at radius 3 is 1.44 bits per heavy atom. The van der Waals surface area contributed by atoms with E-state index >= 15 is 0 Å². The van der Waals surface area contributed by atoms with E-state index in [1.54, 1.807) is 0 Å². The van der Waals surface area contributed by atoms with Gasteiger partial charge in [0.05, 0.1) is 39.6 Å². The summed E-state index contributed by atoms with van der Waals surface area (Å²) in [6.45, 7) is 4.15. The van der Waals surface area contributed by atoms with Gasteiger partial charge >= 0.3 is 11.9 Å². The van der Waals surface area contributed by atoms with Crippen LogP contribution in [0.15, 0.2) is 24.3 Å². The molecule has 0 aliphatic heterocycles. The first kappa shape index (κ1) is 52.9. The Hall–Kier alpha value is -4.12. The molecule has 0 heterocycles. The first-order chi connectivity index (χ1) is 28.6. The van der Waals surface area contributed by atoms with Gasteiger partial charge in [-0.25, -0.2) is 4.79 Å². The molecule has 6 N–H and O–H groups in total. The smallest absolute Gasteiger partial charge is 0.326 e. The molecule has 16 heteroatoms. The fraction of sp³-hybridized carbons (Fsp3) is 0.721. The van der Waals surface area contributed by atoms with Gasteiger partial charge in [-0.2, -0.15) is 0 Å². The third-order valence-electron chi connectivity index (χ3n) is 9.30. The Morgan fingerprint density at radius 2 is 0.949 bits per heavy atom. The molecular formula is C43H72N4O12. The molecular weight excluding hydrogens is 764 g/mol. The average molecular weight is 837 g/mol. The zero-order valence-electron chi connectivity index (χ0n) is 35.4. The fourth-order valence-electron chi connectivity index (χ4n) is 5.87. The van der Waals surface area contributed by atoms with Crippen LogP contribution in [0.5, 0.6) is 0 Å². The number of hydrogen-bond acceptors (Lipinski definition) is 10. The Balaban J connectivity index is 1.90. The van der Waals surface area contributed by atoms with Crippen molar-refractivity contribution in [2.24, 2.45) is 0 Å². The van der Waals surface area contributed by atoms with Crippen molar-refractivity contribution in [3.05, 3.63) is 35.4 Å². The van der Waals surface area contributed by atoms with E-state index in [2.05, 4.69) is 21.3 Å². The molecule has 4 amide bonds. The summed E-state index contributed by atoms with van der Waals surface area (Å²) < 4.78 is 21.4. The van der Waals surface area contributed by atoms with Crippen LogP contribution in [0.4, 0.5) is 0 Å². The SMILES string of the molecule is Cc1ccc(CNC(=O)COCCOCCNC(=O)COCCOCCNC(=O)CCC(NC(=O)CCCCCCCCCCCCCCCCC(=O)O)C(=O)O)cc1. The molecule has 0 aliphatic rings. The van der Waals surface area contributed by atoms with Crippen molar-refractivity contribution >= 4 is 35.6 Å². The lowest BCUT2D eigenvalue weighted by Crippen LogP contribution is -2.41. The van der Waals surface area contributed by atoms with Crippen molar-refractivity contribution in [3.8, 4) is 0 Å². The monoisotopic (exact) mass is 837 g/mol. The lowest BCUT2D eigenvalue weighted by Gasteiger charge is -2.14. The van der Waals surface area contributed by atoms with Crippen molar-refractivity contribution in [2.75, 3.05) is 65.9 Å². The number of hydrogen-bond donors (Lipinski definition) is 6. The number of carboxylic acids is 2. The van der Waals surface area contributed by atoms with Crippen LogP contribution in [0, 0.1) is 6.92 Å². The second-order valence-electron chi connectivity index (χ2n) is 14.6. The van der Waals surface area contributed by atoms with Crippen molar-refractivity contribution in [1.29, 1.82) is 0 Å². The van der Waals surface area contributed by atoms with Crippen LogP contribution < -0.4 is 21.3 Å². The maximum atomic E-state index is 12.3. The highest BCUT2D eigenvalue weighted by Crippen LogP contribution is 2.14. The second-order valence-corrected chi connectivity index (χ2v) is 14.6. The molecule has 59 heavy (non-hydrogen) atoms. The summed E-state index contributed by atoms with van der Waals surface area (Å²) in [4.78, 5) is 70.4. The highest BCUT2D eigenvalue weighted by Gasteiger charge is 2.20. The van der Waals surface area contributed by atoms with Gasteiger partial charge in [-0.15, -0.1) is 0 Å². The van der Waals surface area contributed by atoms with Crippen LogP contribution in [0.2, 0.25) is 0 Å². The molecule has 1 aromatic carbocycles. The summed E-state index contributed by atoms with van der Waals surface area (Å²) in [5.74, 6) is -3.08. The molecule has 1 aromatic rings. The Labute approximate surface area is 350 Å². The lowest BCUT2D eigenvalue weighted by atomic mass is 10.0. The molecule has 0 saturated heterocycles. The van der Waals surface area contributed by atoms with Crippen molar-refractivity contribution < 1.29 is 57.9 Å².